The highest BCUT2D eigenvalue weighted by Gasteiger charge is 2.16. The van der Waals surface area contributed by atoms with Gasteiger partial charge in [-0.05, 0) is 24.8 Å². The highest BCUT2D eigenvalue weighted by atomic mass is 32.2. The molecule has 0 aliphatic heterocycles. The van der Waals surface area contributed by atoms with Crippen molar-refractivity contribution in [2.24, 2.45) is 5.73 Å². The zero-order valence-electron chi connectivity index (χ0n) is 10.9. The zero-order valence-corrected chi connectivity index (χ0v) is 12.5. The van der Waals surface area contributed by atoms with Gasteiger partial charge in [-0.25, -0.2) is 13.4 Å². The number of imidazole rings is 1. The van der Waals surface area contributed by atoms with Crippen LogP contribution in [0.15, 0.2) is 17.5 Å². The minimum Gasteiger partial charge on any atom is -0.344 e. The lowest BCUT2D eigenvalue weighted by atomic mass is 10.2. The summed E-state index contributed by atoms with van der Waals surface area (Å²) in [7, 11) is -2.99. The number of hydrogen-bond donors (Lipinski definition) is 2. The Kier molecular flexibility index (Phi) is 4.07. The van der Waals surface area contributed by atoms with Crippen LogP contribution in [0.4, 0.5) is 0 Å². The molecule has 7 heteroatoms. The van der Waals surface area contributed by atoms with E-state index in [1.165, 1.54) is 6.26 Å². The Morgan fingerprint density at radius 2 is 2.26 bits per heavy atom. The van der Waals surface area contributed by atoms with Crippen LogP contribution in [0.5, 0.6) is 0 Å². The average Bonchev–Trinajstić information content (AvgIpc) is 2.93. The quantitative estimate of drug-likeness (QED) is 0.882. The lowest BCUT2D eigenvalue weighted by Gasteiger charge is -2.07. The summed E-state index contributed by atoms with van der Waals surface area (Å²) in [6.07, 6.45) is 1.58. The van der Waals surface area contributed by atoms with Gasteiger partial charge in [0, 0.05) is 11.9 Å². The molecule has 0 aliphatic carbocycles. The van der Waals surface area contributed by atoms with Crippen molar-refractivity contribution < 1.29 is 8.42 Å². The van der Waals surface area contributed by atoms with Crippen molar-refractivity contribution >= 4 is 21.2 Å². The molecule has 19 heavy (non-hydrogen) atoms. The summed E-state index contributed by atoms with van der Waals surface area (Å²) in [6, 6.07) is 3.58. The summed E-state index contributed by atoms with van der Waals surface area (Å²) in [4.78, 5) is 8.71. The molecular formula is C12H17N3O2S2. The normalized spacial score (nSPS) is 13.6. The van der Waals surface area contributed by atoms with Gasteiger partial charge < -0.3 is 10.7 Å². The predicted octanol–water partition coefficient (Wildman–Crippen LogP) is 1.88. The molecule has 0 amide bonds. The largest absolute Gasteiger partial charge is 0.344 e. The number of H-pyrrole nitrogens is 1. The van der Waals surface area contributed by atoms with E-state index in [1.54, 1.807) is 11.3 Å². The van der Waals surface area contributed by atoms with E-state index in [0.29, 0.717) is 12.2 Å². The van der Waals surface area contributed by atoms with E-state index in [-0.39, 0.29) is 11.8 Å². The molecule has 2 rings (SSSR count). The van der Waals surface area contributed by atoms with E-state index in [4.69, 9.17) is 5.73 Å². The van der Waals surface area contributed by atoms with Crippen molar-refractivity contribution in [1.82, 2.24) is 9.97 Å². The maximum Gasteiger partial charge on any atom is 0.147 e. The van der Waals surface area contributed by atoms with E-state index < -0.39 is 9.84 Å². The Labute approximate surface area is 116 Å². The Bertz CT molecular complexity index is 645. The molecule has 2 heterocycles. The number of nitrogens with one attached hydrogen (secondary N) is 1. The third kappa shape index (κ3) is 3.65. The molecule has 0 radical (unpaired) electrons. The molecule has 0 spiro atoms. The van der Waals surface area contributed by atoms with Crippen LogP contribution in [-0.2, 0) is 9.84 Å². The number of nitrogens with zero attached hydrogens (tertiary/aromatic N) is 1. The van der Waals surface area contributed by atoms with E-state index in [0.717, 1.165) is 16.3 Å². The van der Waals surface area contributed by atoms with Crippen LogP contribution in [0.2, 0.25) is 0 Å². The van der Waals surface area contributed by atoms with Gasteiger partial charge in [0.2, 0.25) is 0 Å². The summed E-state index contributed by atoms with van der Waals surface area (Å²) in [5.41, 5.74) is 7.82. The van der Waals surface area contributed by atoms with Gasteiger partial charge in [0.25, 0.3) is 0 Å². The summed E-state index contributed by atoms with van der Waals surface area (Å²) in [6.45, 7) is 1.94. The van der Waals surface area contributed by atoms with E-state index in [9.17, 15) is 8.42 Å². The fraction of sp³-hybridized carbons (Fsp3) is 0.417. The van der Waals surface area contributed by atoms with Gasteiger partial charge in [0.05, 0.1) is 16.7 Å². The van der Waals surface area contributed by atoms with E-state index in [2.05, 4.69) is 9.97 Å². The SMILES string of the molecule is Cc1[nH]c(C(N)CCS(C)(=O)=O)nc1-c1cccs1. The fourth-order valence-corrected chi connectivity index (χ4v) is 3.24. The molecular weight excluding hydrogens is 282 g/mol. The van der Waals surface area contributed by atoms with Crippen LogP contribution in [0.3, 0.4) is 0 Å². The summed E-state index contributed by atoms with van der Waals surface area (Å²) in [5, 5.41) is 1.99. The molecule has 1 atom stereocenters. The number of hydrogen-bond acceptors (Lipinski definition) is 5. The second-order valence-corrected chi connectivity index (χ2v) is 7.81. The Morgan fingerprint density at radius 3 is 2.84 bits per heavy atom. The minimum absolute atomic E-state index is 0.0717. The minimum atomic E-state index is -2.99. The summed E-state index contributed by atoms with van der Waals surface area (Å²) in [5.74, 6) is 0.715. The van der Waals surface area contributed by atoms with Crippen molar-refractivity contribution in [3.63, 3.8) is 0 Å². The van der Waals surface area contributed by atoms with Gasteiger partial charge in [0.15, 0.2) is 0 Å². The maximum absolute atomic E-state index is 11.1. The lowest BCUT2D eigenvalue weighted by Crippen LogP contribution is -2.16. The molecule has 1 unspecified atom stereocenters. The van der Waals surface area contributed by atoms with E-state index >= 15 is 0 Å². The molecule has 0 saturated carbocycles. The van der Waals surface area contributed by atoms with Crippen LogP contribution in [-0.4, -0.2) is 30.4 Å². The fourth-order valence-electron chi connectivity index (χ4n) is 1.79. The van der Waals surface area contributed by atoms with Crippen LogP contribution < -0.4 is 5.73 Å². The maximum atomic E-state index is 11.1. The molecule has 0 aliphatic rings. The molecule has 104 valence electrons. The van der Waals surface area contributed by atoms with Crippen LogP contribution in [0, 0.1) is 6.92 Å². The number of aryl methyl sites for hydroxylation is 1. The highest BCUT2D eigenvalue weighted by molar-refractivity contribution is 7.90. The number of thiophene rings is 1. The third-order valence-corrected chi connectivity index (χ3v) is 4.66. The first-order valence-corrected chi connectivity index (χ1v) is 8.84. The third-order valence-electron chi connectivity index (χ3n) is 2.81. The van der Waals surface area contributed by atoms with Crippen LogP contribution in [0.1, 0.15) is 24.0 Å². The molecule has 3 N–H and O–H groups in total. The molecule has 0 saturated heterocycles. The number of aromatic nitrogens is 2. The highest BCUT2D eigenvalue weighted by Crippen LogP contribution is 2.27. The van der Waals surface area contributed by atoms with Crippen LogP contribution in [0.25, 0.3) is 10.6 Å². The average molecular weight is 299 g/mol. The Morgan fingerprint density at radius 1 is 1.53 bits per heavy atom. The Hall–Kier alpha value is -1.18. The smallest absolute Gasteiger partial charge is 0.147 e. The van der Waals surface area contributed by atoms with Gasteiger partial charge in [-0.2, -0.15) is 0 Å². The molecule has 2 aromatic rings. The topological polar surface area (TPSA) is 88.8 Å². The van der Waals surface area contributed by atoms with Gasteiger partial charge in [-0.1, -0.05) is 6.07 Å². The second kappa shape index (κ2) is 5.44. The number of nitrogens with two attached hydrogens (primary N) is 1. The summed E-state index contributed by atoms with van der Waals surface area (Å²) >= 11 is 1.61. The Balaban J connectivity index is 2.16. The van der Waals surface area contributed by atoms with Crippen molar-refractivity contribution in [2.75, 3.05) is 12.0 Å². The van der Waals surface area contributed by atoms with Gasteiger partial charge in [-0.3, -0.25) is 0 Å². The van der Waals surface area contributed by atoms with E-state index in [1.807, 2.05) is 24.4 Å². The zero-order chi connectivity index (χ0) is 14.0. The molecule has 2 aromatic heterocycles. The van der Waals surface area contributed by atoms with Gasteiger partial charge in [-0.15, -0.1) is 11.3 Å². The molecule has 0 aromatic carbocycles. The van der Waals surface area contributed by atoms with Crippen molar-refractivity contribution in [1.29, 1.82) is 0 Å². The molecule has 5 nitrogen and oxygen atoms in total. The predicted molar refractivity (Wildman–Crippen MR) is 77.9 cm³/mol. The standard InChI is InChI=1S/C12H17N3O2S2/c1-8-11(10-4-3-6-18-10)15-12(14-8)9(13)5-7-19(2,16)17/h3-4,6,9H,5,7,13H2,1-2H3,(H,14,15). The van der Waals surface area contributed by atoms with Crippen molar-refractivity contribution in [3.05, 3.63) is 29.0 Å². The monoisotopic (exact) mass is 299 g/mol. The van der Waals surface area contributed by atoms with Gasteiger partial charge in [0.1, 0.15) is 21.4 Å². The second-order valence-electron chi connectivity index (χ2n) is 4.60. The van der Waals surface area contributed by atoms with Crippen molar-refractivity contribution in [2.45, 2.75) is 19.4 Å². The number of rotatable bonds is 5. The van der Waals surface area contributed by atoms with Gasteiger partial charge >= 0.3 is 0 Å². The van der Waals surface area contributed by atoms with Crippen LogP contribution >= 0.6 is 11.3 Å². The lowest BCUT2D eigenvalue weighted by molar-refractivity contribution is 0.587. The summed E-state index contributed by atoms with van der Waals surface area (Å²) < 4.78 is 22.3. The first-order valence-electron chi connectivity index (χ1n) is 5.90. The molecule has 0 fully saturated rings. The first kappa shape index (κ1) is 14.2. The molecule has 0 bridgehead atoms. The first-order chi connectivity index (χ1) is 8.87. The van der Waals surface area contributed by atoms with Crippen molar-refractivity contribution in [3.8, 4) is 10.6 Å². The number of sulfone groups is 1. The number of aromatic amines is 1.